The first kappa shape index (κ1) is 19.6. The molecule has 2 fully saturated rings. The van der Waals surface area contributed by atoms with Gasteiger partial charge in [0.25, 0.3) is 5.91 Å². The summed E-state index contributed by atoms with van der Waals surface area (Å²) in [5, 5.41) is 5.64. The minimum Gasteiger partial charge on any atom is -0.349 e. The normalized spacial score (nSPS) is 15.9. The first-order chi connectivity index (χ1) is 14.1. The van der Waals surface area contributed by atoms with Gasteiger partial charge in [-0.25, -0.2) is 4.39 Å². The molecular formula is C23H26FN3O2. The second-order valence-electron chi connectivity index (χ2n) is 7.92. The van der Waals surface area contributed by atoms with Crippen LogP contribution in [0, 0.1) is 5.82 Å². The lowest BCUT2D eigenvalue weighted by Crippen LogP contribution is -2.29. The fraction of sp³-hybridized carbons (Fsp3) is 0.391. The van der Waals surface area contributed by atoms with Gasteiger partial charge in [0.2, 0.25) is 5.91 Å². The van der Waals surface area contributed by atoms with Crippen LogP contribution in [0.1, 0.15) is 48.0 Å². The highest BCUT2D eigenvalue weighted by molar-refractivity contribution is 5.94. The molecule has 0 aliphatic heterocycles. The Morgan fingerprint density at radius 1 is 1.00 bits per heavy atom. The van der Waals surface area contributed by atoms with E-state index in [4.69, 9.17) is 0 Å². The van der Waals surface area contributed by atoms with E-state index in [1.807, 2.05) is 24.3 Å². The van der Waals surface area contributed by atoms with Gasteiger partial charge >= 0.3 is 0 Å². The quantitative estimate of drug-likeness (QED) is 0.680. The van der Waals surface area contributed by atoms with Gasteiger partial charge in [0.05, 0.1) is 5.69 Å². The SMILES string of the molecule is O=C(CCN(Cc1ccc(C(=O)NC2CC2)cc1)C1CC1)Nc1ccccc1F. The van der Waals surface area contributed by atoms with Gasteiger partial charge in [-0.3, -0.25) is 14.5 Å². The summed E-state index contributed by atoms with van der Waals surface area (Å²) in [5.74, 6) is -0.624. The van der Waals surface area contributed by atoms with E-state index in [0.29, 0.717) is 30.6 Å². The van der Waals surface area contributed by atoms with Crippen LogP contribution in [0.5, 0.6) is 0 Å². The molecule has 152 valence electrons. The van der Waals surface area contributed by atoms with Crippen molar-refractivity contribution in [3.63, 3.8) is 0 Å². The average Bonchev–Trinajstić information content (AvgIpc) is 3.62. The van der Waals surface area contributed by atoms with Gasteiger partial charge in [-0.15, -0.1) is 0 Å². The molecule has 0 unspecified atom stereocenters. The second-order valence-corrected chi connectivity index (χ2v) is 7.92. The minimum absolute atomic E-state index is 0.0112. The molecule has 0 heterocycles. The smallest absolute Gasteiger partial charge is 0.251 e. The van der Waals surface area contributed by atoms with Gasteiger partial charge in [0.15, 0.2) is 0 Å². The van der Waals surface area contributed by atoms with E-state index >= 15 is 0 Å². The van der Waals surface area contributed by atoms with E-state index in [1.165, 1.54) is 6.07 Å². The maximum atomic E-state index is 13.7. The lowest BCUT2D eigenvalue weighted by atomic mass is 10.1. The van der Waals surface area contributed by atoms with Crippen molar-refractivity contribution in [3.05, 3.63) is 65.5 Å². The zero-order chi connectivity index (χ0) is 20.2. The van der Waals surface area contributed by atoms with E-state index in [9.17, 15) is 14.0 Å². The van der Waals surface area contributed by atoms with E-state index in [0.717, 1.165) is 37.8 Å². The van der Waals surface area contributed by atoms with Gasteiger partial charge in [0, 0.05) is 37.2 Å². The van der Waals surface area contributed by atoms with Gasteiger partial charge < -0.3 is 10.6 Å². The monoisotopic (exact) mass is 395 g/mol. The Balaban J connectivity index is 1.29. The predicted octanol–water partition coefficient (Wildman–Crippen LogP) is 3.71. The third kappa shape index (κ3) is 5.64. The number of hydrogen-bond acceptors (Lipinski definition) is 3. The third-order valence-electron chi connectivity index (χ3n) is 5.35. The molecule has 2 aliphatic carbocycles. The lowest BCUT2D eigenvalue weighted by Gasteiger charge is -2.22. The molecule has 4 rings (SSSR count). The predicted molar refractivity (Wildman–Crippen MR) is 110 cm³/mol. The Bertz CT molecular complexity index is 876. The number of para-hydroxylation sites is 1. The van der Waals surface area contributed by atoms with Crippen LogP contribution in [0.3, 0.4) is 0 Å². The number of rotatable bonds is 9. The average molecular weight is 395 g/mol. The number of nitrogens with one attached hydrogen (secondary N) is 2. The zero-order valence-electron chi connectivity index (χ0n) is 16.4. The number of anilines is 1. The minimum atomic E-state index is -0.425. The van der Waals surface area contributed by atoms with Crippen molar-refractivity contribution in [2.45, 2.75) is 50.7 Å². The van der Waals surface area contributed by atoms with Gasteiger partial charge in [-0.2, -0.15) is 0 Å². The van der Waals surface area contributed by atoms with Crippen LogP contribution in [0.2, 0.25) is 0 Å². The number of amides is 2. The largest absolute Gasteiger partial charge is 0.349 e. The molecule has 2 N–H and O–H groups in total. The van der Waals surface area contributed by atoms with Crippen molar-refractivity contribution in [1.29, 1.82) is 0 Å². The summed E-state index contributed by atoms with van der Waals surface area (Å²) in [4.78, 5) is 26.6. The van der Waals surface area contributed by atoms with Gasteiger partial charge in [0.1, 0.15) is 5.82 Å². The Labute approximate surface area is 170 Å². The molecule has 0 bridgehead atoms. The van der Waals surface area contributed by atoms with Crippen molar-refractivity contribution in [2.24, 2.45) is 0 Å². The first-order valence-corrected chi connectivity index (χ1v) is 10.3. The van der Waals surface area contributed by atoms with E-state index in [-0.39, 0.29) is 17.5 Å². The van der Waals surface area contributed by atoms with Crippen LogP contribution in [-0.2, 0) is 11.3 Å². The maximum Gasteiger partial charge on any atom is 0.251 e. The summed E-state index contributed by atoms with van der Waals surface area (Å²) in [7, 11) is 0. The van der Waals surface area contributed by atoms with Crippen molar-refractivity contribution in [2.75, 3.05) is 11.9 Å². The van der Waals surface area contributed by atoms with Crippen molar-refractivity contribution in [1.82, 2.24) is 10.2 Å². The summed E-state index contributed by atoms with van der Waals surface area (Å²) in [5.41, 5.74) is 2.02. The lowest BCUT2D eigenvalue weighted by molar-refractivity contribution is -0.116. The molecule has 2 saturated carbocycles. The molecule has 0 spiro atoms. The molecule has 0 radical (unpaired) electrons. The Kier molecular flexibility index (Phi) is 5.90. The highest BCUT2D eigenvalue weighted by atomic mass is 19.1. The highest BCUT2D eigenvalue weighted by Crippen LogP contribution is 2.28. The van der Waals surface area contributed by atoms with Crippen LogP contribution < -0.4 is 10.6 Å². The third-order valence-corrected chi connectivity index (χ3v) is 5.35. The summed E-state index contributed by atoms with van der Waals surface area (Å²) < 4.78 is 13.7. The summed E-state index contributed by atoms with van der Waals surface area (Å²) in [6, 6.07) is 14.7. The maximum absolute atomic E-state index is 13.7. The number of carbonyl (C=O) groups excluding carboxylic acids is 2. The van der Waals surface area contributed by atoms with Crippen LogP contribution in [0.25, 0.3) is 0 Å². The number of hydrogen-bond donors (Lipinski definition) is 2. The number of carbonyl (C=O) groups is 2. The molecule has 2 amide bonds. The fourth-order valence-corrected chi connectivity index (χ4v) is 3.34. The van der Waals surface area contributed by atoms with Gasteiger partial charge in [-0.05, 0) is 55.5 Å². The van der Waals surface area contributed by atoms with E-state index in [2.05, 4.69) is 15.5 Å². The van der Waals surface area contributed by atoms with Crippen molar-refractivity contribution >= 4 is 17.5 Å². The molecule has 2 aromatic rings. The van der Waals surface area contributed by atoms with Crippen LogP contribution >= 0.6 is 0 Å². The summed E-state index contributed by atoms with van der Waals surface area (Å²) in [6.07, 6.45) is 4.73. The molecule has 29 heavy (non-hydrogen) atoms. The Morgan fingerprint density at radius 2 is 1.72 bits per heavy atom. The number of benzene rings is 2. The Morgan fingerprint density at radius 3 is 2.38 bits per heavy atom. The van der Waals surface area contributed by atoms with E-state index < -0.39 is 5.82 Å². The second kappa shape index (κ2) is 8.74. The molecule has 6 heteroatoms. The topological polar surface area (TPSA) is 61.4 Å². The Hall–Kier alpha value is -2.73. The van der Waals surface area contributed by atoms with E-state index in [1.54, 1.807) is 18.2 Å². The molecule has 0 atom stereocenters. The zero-order valence-corrected chi connectivity index (χ0v) is 16.4. The molecule has 0 saturated heterocycles. The van der Waals surface area contributed by atoms with Crippen molar-refractivity contribution in [3.8, 4) is 0 Å². The van der Waals surface area contributed by atoms with Crippen molar-refractivity contribution < 1.29 is 14.0 Å². The number of halogens is 1. The molecule has 2 aromatic carbocycles. The summed E-state index contributed by atoms with van der Waals surface area (Å²) >= 11 is 0. The van der Waals surface area contributed by atoms with Crippen LogP contribution in [0.4, 0.5) is 10.1 Å². The fourth-order valence-electron chi connectivity index (χ4n) is 3.34. The molecule has 5 nitrogen and oxygen atoms in total. The molecule has 2 aliphatic rings. The highest BCUT2D eigenvalue weighted by Gasteiger charge is 2.29. The first-order valence-electron chi connectivity index (χ1n) is 10.3. The molecule has 0 aromatic heterocycles. The standard InChI is InChI=1S/C23H26FN3O2/c24-20-3-1-2-4-21(20)26-22(28)13-14-27(19-11-12-19)15-16-5-7-17(8-6-16)23(29)25-18-9-10-18/h1-8,18-19H,9-15H2,(H,25,29)(H,26,28). The summed E-state index contributed by atoms with van der Waals surface area (Å²) in [6.45, 7) is 1.36. The van der Waals surface area contributed by atoms with Crippen LogP contribution in [0.15, 0.2) is 48.5 Å². The van der Waals surface area contributed by atoms with Gasteiger partial charge in [-0.1, -0.05) is 24.3 Å². The van der Waals surface area contributed by atoms with Crippen LogP contribution in [-0.4, -0.2) is 35.3 Å². The number of nitrogens with zero attached hydrogens (tertiary/aromatic N) is 1. The molecular weight excluding hydrogens is 369 g/mol.